The van der Waals surface area contributed by atoms with Crippen molar-refractivity contribution in [1.29, 1.82) is 0 Å². The van der Waals surface area contributed by atoms with E-state index in [0.717, 1.165) is 42.4 Å². The van der Waals surface area contributed by atoms with E-state index in [0.29, 0.717) is 21.3 Å². The number of aromatic nitrogens is 1. The number of amides is 1. The number of carbonyl (C=O) groups excluding carboxylic acids is 1. The van der Waals surface area contributed by atoms with Crippen LogP contribution in [0.3, 0.4) is 0 Å². The van der Waals surface area contributed by atoms with Gasteiger partial charge in [0.05, 0.1) is 10.5 Å². The van der Waals surface area contributed by atoms with Crippen LogP contribution in [-0.2, 0) is 0 Å². The second-order valence-corrected chi connectivity index (χ2v) is 9.15. The zero-order chi connectivity index (χ0) is 17.2. The molecule has 0 radical (unpaired) electrons. The molecule has 0 spiro atoms. The Bertz CT molecular complexity index is 844. The second kappa shape index (κ2) is 5.59. The van der Waals surface area contributed by atoms with E-state index in [1.165, 1.54) is 19.3 Å². The Hall–Kier alpha value is -1.32. The number of hydrogen-bond donors (Lipinski definition) is 1. The molecule has 1 heterocycles. The van der Waals surface area contributed by atoms with Crippen LogP contribution < -0.4 is 5.32 Å². The van der Waals surface area contributed by atoms with Crippen LogP contribution in [0.2, 0.25) is 10.0 Å². The number of benzene rings is 1. The molecule has 4 aliphatic rings. The fourth-order valence-corrected chi connectivity index (χ4v) is 6.27. The molecule has 3 nitrogen and oxygen atoms in total. The summed E-state index contributed by atoms with van der Waals surface area (Å²) in [5.74, 6) is 2.27. The minimum atomic E-state index is -0.106. The molecule has 2 aromatic rings. The molecule has 1 amide bonds. The number of nitrogens with one attached hydrogen (secondary N) is 1. The molecule has 6 rings (SSSR count). The summed E-state index contributed by atoms with van der Waals surface area (Å²) in [6.45, 7) is 0. The summed E-state index contributed by atoms with van der Waals surface area (Å²) >= 11 is 12.4. The summed E-state index contributed by atoms with van der Waals surface area (Å²) in [4.78, 5) is 17.5. The van der Waals surface area contributed by atoms with Crippen molar-refractivity contribution in [2.75, 3.05) is 0 Å². The zero-order valence-corrected chi connectivity index (χ0v) is 15.4. The van der Waals surface area contributed by atoms with Crippen molar-refractivity contribution in [1.82, 2.24) is 10.3 Å². The zero-order valence-electron chi connectivity index (χ0n) is 13.9. The van der Waals surface area contributed by atoms with E-state index in [1.807, 2.05) is 6.07 Å². The van der Waals surface area contributed by atoms with Crippen LogP contribution in [0.1, 0.15) is 49.0 Å². The molecule has 1 aromatic heterocycles. The Balaban J connectivity index is 1.46. The first-order valence-corrected chi connectivity index (χ1v) is 9.84. The van der Waals surface area contributed by atoms with Gasteiger partial charge in [-0.05, 0) is 80.5 Å². The molecule has 0 unspecified atom stereocenters. The van der Waals surface area contributed by atoms with Gasteiger partial charge >= 0.3 is 0 Å². The Kier molecular flexibility index (Phi) is 3.55. The lowest BCUT2D eigenvalue weighted by Gasteiger charge is -2.56. The molecule has 25 heavy (non-hydrogen) atoms. The number of rotatable bonds is 2. The highest BCUT2D eigenvalue weighted by atomic mass is 35.5. The van der Waals surface area contributed by atoms with Crippen LogP contribution in [0.15, 0.2) is 24.3 Å². The molecule has 0 saturated heterocycles. The summed E-state index contributed by atoms with van der Waals surface area (Å²) in [6.07, 6.45) is 7.43. The van der Waals surface area contributed by atoms with Gasteiger partial charge in [-0.1, -0.05) is 23.2 Å². The van der Waals surface area contributed by atoms with Gasteiger partial charge in [-0.3, -0.25) is 4.79 Å². The van der Waals surface area contributed by atoms with Gasteiger partial charge in [-0.25, -0.2) is 4.98 Å². The first-order valence-electron chi connectivity index (χ1n) is 9.08. The van der Waals surface area contributed by atoms with Crippen LogP contribution in [0.5, 0.6) is 0 Å². The number of hydrogen-bond acceptors (Lipinski definition) is 2. The van der Waals surface area contributed by atoms with Gasteiger partial charge in [-0.15, -0.1) is 0 Å². The van der Waals surface area contributed by atoms with Crippen molar-refractivity contribution < 1.29 is 4.79 Å². The van der Waals surface area contributed by atoms with Crippen LogP contribution >= 0.6 is 23.2 Å². The third-order valence-electron chi connectivity index (χ3n) is 6.37. The summed E-state index contributed by atoms with van der Waals surface area (Å²) in [5, 5.41) is 5.30. The van der Waals surface area contributed by atoms with Gasteiger partial charge in [-0.2, -0.15) is 0 Å². The minimum Gasteiger partial charge on any atom is -0.345 e. The maximum Gasteiger partial charge on any atom is 0.270 e. The largest absolute Gasteiger partial charge is 0.345 e. The van der Waals surface area contributed by atoms with Crippen molar-refractivity contribution in [2.24, 2.45) is 17.8 Å². The second-order valence-electron chi connectivity index (χ2n) is 8.30. The lowest BCUT2D eigenvalue weighted by atomic mass is 9.53. The third kappa shape index (κ3) is 2.72. The van der Waals surface area contributed by atoms with Gasteiger partial charge in [0.25, 0.3) is 5.91 Å². The third-order valence-corrected chi connectivity index (χ3v) is 6.92. The van der Waals surface area contributed by atoms with Crippen LogP contribution in [0, 0.1) is 17.8 Å². The fourth-order valence-electron chi connectivity index (χ4n) is 5.84. The van der Waals surface area contributed by atoms with Crippen LogP contribution in [-0.4, -0.2) is 16.4 Å². The maximum absolute atomic E-state index is 12.9. The molecular weight excluding hydrogens is 355 g/mol. The molecule has 130 valence electrons. The van der Waals surface area contributed by atoms with Crippen molar-refractivity contribution in [3.8, 4) is 0 Å². The Morgan fingerprint density at radius 2 is 1.68 bits per heavy atom. The molecule has 4 bridgehead atoms. The number of nitrogens with zero attached hydrogens (tertiary/aromatic N) is 1. The number of pyridine rings is 1. The normalized spacial score (nSPS) is 33.0. The van der Waals surface area contributed by atoms with E-state index >= 15 is 0 Å². The summed E-state index contributed by atoms with van der Waals surface area (Å²) in [6, 6.07) is 7.05. The highest BCUT2D eigenvalue weighted by Crippen LogP contribution is 2.55. The van der Waals surface area contributed by atoms with Gasteiger partial charge in [0.2, 0.25) is 0 Å². The SMILES string of the molecule is O=C(NC12CC3CC(CC(C3)C1)C2)c1cc(Cl)c2ccc(Cl)cc2n1. The smallest absolute Gasteiger partial charge is 0.270 e. The predicted molar refractivity (Wildman–Crippen MR) is 100 cm³/mol. The first-order chi connectivity index (χ1) is 12.0. The molecule has 0 atom stereocenters. The van der Waals surface area contributed by atoms with Crippen LogP contribution in [0.4, 0.5) is 0 Å². The average Bonchev–Trinajstić information content (AvgIpc) is 2.52. The van der Waals surface area contributed by atoms with Crippen molar-refractivity contribution in [2.45, 2.75) is 44.1 Å². The Labute approximate surface area is 157 Å². The Morgan fingerprint density at radius 3 is 2.32 bits per heavy atom. The first kappa shape index (κ1) is 15.9. The quantitative estimate of drug-likeness (QED) is 0.780. The van der Waals surface area contributed by atoms with E-state index in [9.17, 15) is 4.79 Å². The standard InChI is InChI=1S/C20H20Cl2N2O/c21-14-1-2-15-16(22)7-18(23-17(15)6-14)19(25)24-20-8-11-3-12(9-20)5-13(4-11)10-20/h1-2,6-7,11-13H,3-5,8-10H2,(H,24,25). The highest BCUT2D eigenvalue weighted by Gasteiger charge is 2.51. The molecule has 4 aliphatic carbocycles. The molecule has 4 saturated carbocycles. The predicted octanol–water partition coefficient (Wildman–Crippen LogP) is 5.24. The molecule has 1 N–H and O–H groups in total. The van der Waals surface area contributed by atoms with E-state index < -0.39 is 0 Å². The highest BCUT2D eigenvalue weighted by molar-refractivity contribution is 6.36. The summed E-state index contributed by atoms with van der Waals surface area (Å²) in [7, 11) is 0. The van der Waals surface area contributed by atoms with Gasteiger partial charge in [0.15, 0.2) is 0 Å². The Morgan fingerprint density at radius 1 is 1.04 bits per heavy atom. The maximum atomic E-state index is 12.9. The lowest BCUT2D eigenvalue weighted by Crippen LogP contribution is -2.59. The topological polar surface area (TPSA) is 42.0 Å². The number of halogens is 2. The molecule has 0 aliphatic heterocycles. The van der Waals surface area contributed by atoms with Crippen molar-refractivity contribution in [3.63, 3.8) is 0 Å². The summed E-state index contributed by atoms with van der Waals surface area (Å²) in [5.41, 5.74) is 1.02. The number of carbonyl (C=O) groups is 1. The van der Waals surface area contributed by atoms with Crippen molar-refractivity contribution in [3.05, 3.63) is 40.0 Å². The summed E-state index contributed by atoms with van der Waals surface area (Å²) < 4.78 is 0. The van der Waals surface area contributed by atoms with Gasteiger partial charge < -0.3 is 5.32 Å². The molecule has 5 heteroatoms. The van der Waals surface area contributed by atoms with E-state index in [-0.39, 0.29) is 11.4 Å². The van der Waals surface area contributed by atoms with Crippen molar-refractivity contribution >= 4 is 40.0 Å². The lowest BCUT2D eigenvalue weighted by molar-refractivity contribution is -0.0167. The van der Waals surface area contributed by atoms with E-state index in [1.54, 1.807) is 18.2 Å². The van der Waals surface area contributed by atoms with E-state index in [2.05, 4.69) is 10.3 Å². The van der Waals surface area contributed by atoms with Gasteiger partial charge in [0, 0.05) is 15.9 Å². The monoisotopic (exact) mass is 374 g/mol. The number of fused-ring (bicyclic) bond motifs is 1. The molecule has 4 fully saturated rings. The van der Waals surface area contributed by atoms with Gasteiger partial charge in [0.1, 0.15) is 5.69 Å². The molecular formula is C20H20Cl2N2O. The molecule has 1 aromatic carbocycles. The average molecular weight is 375 g/mol. The van der Waals surface area contributed by atoms with E-state index in [4.69, 9.17) is 23.2 Å². The van der Waals surface area contributed by atoms with Crippen LogP contribution in [0.25, 0.3) is 10.9 Å². The minimum absolute atomic E-state index is 0.0245. The fraction of sp³-hybridized carbons (Fsp3) is 0.500.